The lowest BCUT2D eigenvalue weighted by atomic mass is 10.1. The zero-order valence-corrected chi connectivity index (χ0v) is 16.9. The molecule has 29 heavy (non-hydrogen) atoms. The first-order valence-corrected chi connectivity index (χ1v) is 9.58. The molecule has 4 aromatic rings. The minimum absolute atomic E-state index is 0.282. The van der Waals surface area contributed by atoms with Crippen molar-refractivity contribution >= 4 is 34.6 Å². The summed E-state index contributed by atoms with van der Waals surface area (Å²) < 4.78 is 3.33. The highest BCUT2D eigenvalue weighted by atomic mass is 35.5. The average Bonchev–Trinajstić information content (AvgIpc) is 3.23. The molecule has 6 nitrogen and oxygen atoms in total. The number of hydrogen-bond donors (Lipinski definition) is 1. The van der Waals surface area contributed by atoms with Crippen LogP contribution in [0, 0.1) is 13.8 Å². The predicted molar refractivity (Wildman–Crippen MR) is 115 cm³/mol. The fraction of sp³-hybridized carbons (Fsp3) is 0.136. The Bertz CT molecular complexity index is 1200. The minimum Gasteiger partial charge on any atom is -0.268 e. The highest BCUT2D eigenvalue weighted by Crippen LogP contribution is 2.22. The number of carbonyl (C=O) groups is 1. The summed E-state index contributed by atoms with van der Waals surface area (Å²) in [5.41, 5.74) is 8.23. The second-order valence-electron chi connectivity index (χ2n) is 6.85. The largest absolute Gasteiger partial charge is 0.268 e. The molecular formula is C22H20ClN5O. The van der Waals surface area contributed by atoms with Gasteiger partial charge < -0.3 is 0 Å². The van der Waals surface area contributed by atoms with Crippen LogP contribution in [-0.2, 0) is 11.3 Å². The number of nitrogens with zero attached hydrogens (tertiary/aromatic N) is 4. The second-order valence-corrected chi connectivity index (χ2v) is 7.20. The minimum atomic E-state index is -0.282. The van der Waals surface area contributed by atoms with E-state index in [1.54, 1.807) is 21.8 Å². The summed E-state index contributed by atoms with van der Waals surface area (Å²) in [6.07, 6.45) is 4.71. The van der Waals surface area contributed by atoms with Gasteiger partial charge in [0, 0.05) is 11.6 Å². The van der Waals surface area contributed by atoms with Crippen molar-refractivity contribution in [2.45, 2.75) is 20.4 Å². The average molecular weight is 406 g/mol. The lowest BCUT2D eigenvalue weighted by molar-refractivity contribution is -0.112. The number of aryl methyl sites for hydroxylation is 2. The van der Waals surface area contributed by atoms with E-state index in [4.69, 9.17) is 11.6 Å². The molecule has 0 aliphatic heterocycles. The molecule has 0 saturated heterocycles. The maximum atomic E-state index is 12.4. The van der Waals surface area contributed by atoms with E-state index < -0.39 is 0 Å². The molecule has 0 radical (unpaired) electrons. The smallest absolute Gasteiger partial charge is 0.262 e. The zero-order valence-electron chi connectivity index (χ0n) is 16.1. The van der Waals surface area contributed by atoms with Crippen LogP contribution >= 0.6 is 11.6 Å². The SMILES string of the molecule is Cc1ccc(Cn2nc(C)c(/C=C/C(=O)Nn3cnc4ccccc43)c2Cl)cc1. The van der Waals surface area contributed by atoms with Crippen molar-refractivity contribution in [1.29, 1.82) is 0 Å². The molecular weight excluding hydrogens is 386 g/mol. The number of rotatable bonds is 5. The Morgan fingerprint density at radius 2 is 1.90 bits per heavy atom. The molecule has 2 aromatic heterocycles. The van der Waals surface area contributed by atoms with Crippen LogP contribution in [0.15, 0.2) is 60.9 Å². The van der Waals surface area contributed by atoms with Gasteiger partial charge in [0.05, 0.1) is 23.3 Å². The van der Waals surface area contributed by atoms with Gasteiger partial charge in [-0.2, -0.15) is 5.10 Å². The van der Waals surface area contributed by atoms with Crippen LogP contribution in [0.25, 0.3) is 17.1 Å². The van der Waals surface area contributed by atoms with Crippen LogP contribution < -0.4 is 5.43 Å². The molecule has 2 aromatic carbocycles. The molecule has 0 fully saturated rings. The molecule has 4 rings (SSSR count). The number of fused-ring (bicyclic) bond motifs is 1. The highest BCUT2D eigenvalue weighted by molar-refractivity contribution is 6.31. The van der Waals surface area contributed by atoms with Crippen molar-refractivity contribution in [3.05, 3.63) is 88.5 Å². The third-order valence-corrected chi connectivity index (χ3v) is 5.05. The van der Waals surface area contributed by atoms with Crippen molar-refractivity contribution in [3.63, 3.8) is 0 Å². The van der Waals surface area contributed by atoms with Crippen molar-refractivity contribution in [3.8, 4) is 0 Å². The third-order valence-electron chi connectivity index (χ3n) is 4.65. The Hall–Kier alpha value is -3.38. The van der Waals surface area contributed by atoms with Crippen molar-refractivity contribution in [1.82, 2.24) is 19.4 Å². The summed E-state index contributed by atoms with van der Waals surface area (Å²) in [5, 5.41) is 5.01. The number of halogens is 1. The number of amides is 1. The van der Waals surface area contributed by atoms with E-state index in [2.05, 4.69) is 46.7 Å². The molecule has 1 amide bonds. The summed E-state index contributed by atoms with van der Waals surface area (Å²) in [6, 6.07) is 15.8. The van der Waals surface area contributed by atoms with Gasteiger partial charge in [0.15, 0.2) is 0 Å². The molecule has 0 unspecified atom stereocenters. The Kier molecular flexibility index (Phi) is 5.18. The van der Waals surface area contributed by atoms with Gasteiger partial charge in [-0.1, -0.05) is 53.6 Å². The first-order chi connectivity index (χ1) is 14.0. The summed E-state index contributed by atoms with van der Waals surface area (Å²) in [7, 11) is 0. The van der Waals surface area contributed by atoms with E-state index >= 15 is 0 Å². The van der Waals surface area contributed by atoms with Gasteiger partial charge in [-0.15, -0.1) is 0 Å². The normalized spacial score (nSPS) is 11.4. The maximum Gasteiger partial charge on any atom is 0.262 e. The van der Waals surface area contributed by atoms with E-state index in [1.165, 1.54) is 11.6 Å². The fourth-order valence-electron chi connectivity index (χ4n) is 3.09. The molecule has 0 aliphatic carbocycles. The molecule has 1 N–H and O–H groups in total. The van der Waals surface area contributed by atoms with Crippen LogP contribution in [0.5, 0.6) is 0 Å². The van der Waals surface area contributed by atoms with E-state index in [1.807, 2.05) is 31.2 Å². The topological polar surface area (TPSA) is 64.7 Å². The Balaban J connectivity index is 1.49. The summed E-state index contributed by atoms with van der Waals surface area (Å²) >= 11 is 6.52. The summed E-state index contributed by atoms with van der Waals surface area (Å²) in [4.78, 5) is 16.6. The van der Waals surface area contributed by atoms with Crippen LogP contribution in [0.4, 0.5) is 0 Å². The number of nitrogens with one attached hydrogen (secondary N) is 1. The van der Waals surface area contributed by atoms with E-state index in [-0.39, 0.29) is 5.91 Å². The Morgan fingerprint density at radius 1 is 1.14 bits per heavy atom. The quantitative estimate of drug-likeness (QED) is 0.502. The fourth-order valence-corrected chi connectivity index (χ4v) is 3.39. The lowest BCUT2D eigenvalue weighted by Gasteiger charge is -2.04. The van der Waals surface area contributed by atoms with Gasteiger partial charge in [0.2, 0.25) is 0 Å². The van der Waals surface area contributed by atoms with Crippen molar-refractivity contribution in [2.24, 2.45) is 0 Å². The number of para-hydroxylation sites is 2. The highest BCUT2D eigenvalue weighted by Gasteiger charge is 2.12. The van der Waals surface area contributed by atoms with Gasteiger partial charge >= 0.3 is 0 Å². The summed E-state index contributed by atoms with van der Waals surface area (Å²) in [6.45, 7) is 4.49. The number of aromatic nitrogens is 4. The van der Waals surface area contributed by atoms with Gasteiger partial charge in [-0.25, -0.2) is 14.3 Å². The van der Waals surface area contributed by atoms with E-state index in [0.717, 1.165) is 27.9 Å². The molecule has 146 valence electrons. The predicted octanol–water partition coefficient (Wildman–Crippen LogP) is 4.33. The van der Waals surface area contributed by atoms with Gasteiger partial charge in [-0.3, -0.25) is 10.2 Å². The molecule has 7 heteroatoms. The third kappa shape index (κ3) is 4.07. The van der Waals surface area contributed by atoms with E-state index in [9.17, 15) is 4.79 Å². The Morgan fingerprint density at radius 3 is 2.69 bits per heavy atom. The Labute approximate surface area is 173 Å². The first kappa shape index (κ1) is 19.0. The molecule has 0 aliphatic rings. The van der Waals surface area contributed by atoms with E-state index in [0.29, 0.717) is 11.7 Å². The number of benzene rings is 2. The summed E-state index contributed by atoms with van der Waals surface area (Å²) in [5.74, 6) is -0.282. The monoisotopic (exact) mass is 405 g/mol. The second kappa shape index (κ2) is 7.93. The maximum absolute atomic E-state index is 12.4. The lowest BCUT2D eigenvalue weighted by Crippen LogP contribution is -2.19. The molecule has 0 spiro atoms. The van der Waals surface area contributed by atoms with Gasteiger partial charge in [-0.05, 0) is 37.6 Å². The standard InChI is InChI=1S/C22H20ClN5O/c1-15-7-9-17(10-8-15)13-27-22(23)18(16(2)25-27)11-12-21(29)26-28-14-24-19-5-3-4-6-20(19)28/h3-12,14H,13H2,1-2H3,(H,26,29)/b12-11+. The number of carbonyl (C=O) groups excluding carboxylic acids is 1. The van der Waals surface area contributed by atoms with Crippen LogP contribution in [0.2, 0.25) is 5.15 Å². The van der Waals surface area contributed by atoms with Crippen LogP contribution in [0.3, 0.4) is 0 Å². The van der Waals surface area contributed by atoms with Gasteiger partial charge in [0.1, 0.15) is 11.5 Å². The number of hydrogen-bond acceptors (Lipinski definition) is 3. The first-order valence-electron chi connectivity index (χ1n) is 9.21. The molecule has 2 heterocycles. The van der Waals surface area contributed by atoms with Gasteiger partial charge in [0.25, 0.3) is 5.91 Å². The zero-order chi connectivity index (χ0) is 20.4. The van der Waals surface area contributed by atoms with Crippen molar-refractivity contribution < 1.29 is 4.79 Å². The van der Waals surface area contributed by atoms with Crippen molar-refractivity contribution in [2.75, 3.05) is 5.43 Å². The molecule has 0 saturated carbocycles. The molecule has 0 bridgehead atoms. The van der Waals surface area contributed by atoms with Crippen LogP contribution in [-0.4, -0.2) is 25.3 Å². The molecule has 0 atom stereocenters. The van der Waals surface area contributed by atoms with Crippen LogP contribution in [0.1, 0.15) is 22.4 Å². The number of imidazole rings is 1.